The lowest BCUT2D eigenvalue weighted by molar-refractivity contribution is -0.122. The molecule has 1 fully saturated rings. The van der Waals surface area contributed by atoms with Gasteiger partial charge in [-0.2, -0.15) is 0 Å². The molecule has 1 saturated heterocycles. The Kier molecular flexibility index (Phi) is 7.41. The van der Waals surface area contributed by atoms with Crippen molar-refractivity contribution in [2.24, 2.45) is 5.92 Å². The highest BCUT2D eigenvalue weighted by molar-refractivity contribution is 7.91. The topological polar surface area (TPSA) is 106 Å². The minimum Gasteiger partial charge on any atom is -0.494 e. The number of ether oxygens (including phenoxy) is 1. The lowest BCUT2D eigenvalue weighted by Crippen LogP contribution is -2.47. The van der Waals surface area contributed by atoms with E-state index in [4.69, 9.17) is 4.74 Å². The van der Waals surface area contributed by atoms with Crippen molar-refractivity contribution in [3.05, 3.63) is 53.3 Å². The zero-order valence-corrected chi connectivity index (χ0v) is 22.2. The van der Waals surface area contributed by atoms with E-state index in [-0.39, 0.29) is 35.3 Å². The lowest BCUT2D eigenvalue weighted by atomic mass is 9.93. The molecule has 0 bridgehead atoms. The molecule has 0 radical (unpaired) electrons. The van der Waals surface area contributed by atoms with Gasteiger partial charge in [-0.3, -0.25) is 14.6 Å². The summed E-state index contributed by atoms with van der Waals surface area (Å²) < 4.78 is 29.5. The molecule has 2 amide bonds. The standard InChI is InChI=1S/C27H35N3O5S/c1-5-35-22-8-6-7-19(14-22)13-20-9-10-23-24(30(18(2)3)26(20)32)15-21(16-28-23)25(31)29-27(4)11-12-36(33,34)17-27/h6-8,14-16,18,20H,5,9-13,17H2,1-4H3,(H,29,31)/t20?,27-/m0/s1. The molecule has 1 aromatic carbocycles. The number of nitrogens with one attached hydrogen (secondary N) is 1. The van der Waals surface area contributed by atoms with E-state index in [9.17, 15) is 18.0 Å². The maximum absolute atomic E-state index is 13.7. The second-order valence-corrected chi connectivity index (χ2v) is 12.6. The number of fused-ring (bicyclic) bond motifs is 1. The largest absolute Gasteiger partial charge is 0.494 e. The first kappa shape index (κ1) is 26.1. The Bertz CT molecular complexity index is 1260. The Balaban J connectivity index is 1.58. The Morgan fingerprint density at radius 1 is 1.31 bits per heavy atom. The summed E-state index contributed by atoms with van der Waals surface area (Å²) in [4.78, 5) is 33.2. The Morgan fingerprint density at radius 2 is 2.08 bits per heavy atom. The van der Waals surface area contributed by atoms with E-state index in [1.54, 1.807) is 17.9 Å². The van der Waals surface area contributed by atoms with E-state index < -0.39 is 15.4 Å². The number of aromatic nitrogens is 1. The summed E-state index contributed by atoms with van der Waals surface area (Å²) in [5, 5.41) is 2.89. The molecule has 4 rings (SSSR count). The molecule has 2 aliphatic heterocycles. The minimum atomic E-state index is -3.16. The molecule has 36 heavy (non-hydrogen) atoms. The molecule has 194 valence electrons. The molecule has 3 heterocycles. The highest BCUT2D eigenvalue weighted by Crippen LogP contribution is 2.33. The van der Waals surface area contributed by atoms with Crippen molar-refractivity contribution < 1.29 is 22.7 Å². The quantitative estimate of drug-likeness (QED) is 0.609. The maximum atomic E-state index is 13.7. The first-order valence-corrected chi connectivity index (χ1v) is 14.4. The molecule has 0 aliphatic carbocycles. The number of benzene rings is 1. The number of carbonyl (C=O) groups is 2. The predicted octanol–water partition coefficient (Wildman–Crippen LogP) is 3.33. The molecule has 9 heteroatoms. The van der Waals surface area contributed by atoms with Crippen LogP contribution in [-0.2, 0) is 27.5 Å². The number of amides is 2. The highest BCUT2D eigenvalue weighted by atomic mass is 32.2. The Morgan fingerprint density at radius 3 is 2.75 bits per heavy atom. The summed E-state index contributed by atoms with van der Waals surface area (Å²) in [7, 11) is -3.16. The van der Waals surface area contributed by atoms with Crippen LogP contribution < -0.4 is 15.0 Å². The molecule has 2 aliphatic rings. The molecule has 1 N–H and O–H groups in total. The van der Waals surface area contributed by atoms with Crippen molar-refractivity contribution in [3.63, 3.8) is 0 Å². The van der Waals surface area contributed by atoms with Gasteiger partial charge in [0.15, 0.2) is 9.84 Å². The van der Waals surface area contributed by atoms with Crippen LogP contribution in [0.1, 0.15) is 62.2 Å². The van der Waals surface area contributed by atoms with Crippen LogP contribution in [0, 0.1) is 5.92 Å². The molecule has 2 aromatic rings. The van der Waals surface area contributed by atoms with Gasteiger partial charge in [-0.15, -0.1) is 0 Å². The molecule has 1 aromatic heterocycles. The second-order valence-electron chi connectivity index (χ2n) is 10.4. The fourth-order valence-corrected chi connectivity index (χ4v) is 7.24. The van der Waals surface area contributed by atoms with Crippen molar-refractivity contribution in [2.75, 3.05) is 23.0 Å². The number of nitrogens with zero attached hydrogens (tertiary/aromatic N) is 2. The van der Waals surface area contributed by atoms with E-state index >= 15 is 0 Å². The third-order valence-electron chi connectivity index (χ3n) is 6.91. The molecule has 2 atom stereocenters. The molecular formula is C27H35N3O5S. The maximum Gasteiger partial charge on any atom is 0.253 e. The average molecular weight is 514 g/mol. The van der Waals surface area contributed by atoms with Crippen molar-refractivity contribution in [1.82, 2.24) is 10.3 Å². The van der Waals surface area contributed by atoms with Crippen LogP contribution in [0.3, 0.4) is 0 Å². The molecular weight excluding hydrogens is 478 g/mol. The third-order valence-corrected chi connectivity index (χ3v) is 8.82. The van der Waals surface area contributed by atoms with E-state index in [1.165, 1.54) is 6.20 Å². The summed E-state index contributed by atoms with van der Waals surface area (Å²) >= 11 is 0. The SMILES string of the molecule is CCOc1cccc(CC2CCc3ncc(C(=O)N[C@@]4(C)CCS(=O)(=O)C4)cc3N(C(C)C)C2=O)c1. The van der Waals surface area contributed by atoms with Crippen molar-refractivity contribution in [3.8, 4) is 5.75 Å². The average Bonchev–Trinajstić information content (AvgIpc) is 3.00. The van der Waals surface area contributed by atoms with Crippen LogP contribution in [-0.4, -0.2) is 54.9 Å². The van der Waals surface area contributed by atoms with Crippen molar-refractivity contribution in [2.45, 2.75) is 65.0 Å². The van der Waals surface area contributed by atoms with Gasteiger partial charge in [0.25, 0.3) is 5.91 Å². The number of anilines is 1. The summed E-state index contributed by atoms with van der Waals surface area (Å²) in [5.74, 6) is 0.191. The zero-order valence-electron chi connectivity index (χ0n) is 21.4. The first-order valence-electron chi connectivity index (χ1n) is 12.6. The van der Waals surface area contributed by atoms with Crippen LogP contribution >= 0.6 is 0 Å². The van der Waals surface area contributed by atoms with Gasteiger partial charge in [0, 0.05) is 18.2 Å². The van der Waals surface area contributed by atoms with Crippen molar-refractivity contribution in [1.29, 1.82) is 0 Å². The first-order chi connectivity index (χ1) is 17.0. The smallest absolute Gasteiger partial charge is 0.253 e. The third kappa shape index (κ3) is 5.72. The van der Waals surface area contributed by atoms with Gasteiger partial charge in [0.05, 0.1) is 40.6 Å². The van der Waals surface area contributed by atoms with Gasteiger partial charge in [-0.1, -0.05) is 12.1 Å². The minimum absolute atomic E-state index is 0.0127. The van der Waals surface area contributed by atoms with Crippen LogP contribution in [0.15, 0.2) is 36.5 Å². The number of pyridine rings is 1. The van der Waals surface area contributed by atoms with Gasteiger partial charge >= 0.3 is 0 Å². The van der Waals surface area contributed by atoms with E-state index in [0.29, 0.717) is 43.5 Å². The predicted molar refractivity (Wildman–Crippen MR) is 139 cm³/mol. The zero-order chi connectivity index (χ0) is 26.1. The summed E-state index contributed by atoms with van der Waals surface area (Å²) in [5.41, 5.74) is 1.99. The molecule has 0 saturated carbocycles. The summed E-state index contributed by atoms with van der Waals surface area (Å²) in [6.45, 7) is 8.19. The van der Waals surface area contributed by atoms with Gasteiger partial charge in [0.1, 0.15) is 5.75 Å². The fourth-order valence-electron chi connectivity index (χ4n) is 5.15. The van der Waals surface area contributed by atoms with Crippen LogP contribution in [0.4, 0.5) is 5.69 Å². The van der Waals surface area contributed by atoms with Gasteiger partial charge in [0.2, 0.25) is 5.91 Å². The van der Waals surface area contributed by atoms with Gasteiger partial charge in [-0.05, 0) is 77.1 Å². The van der Waals surface area contributed by atoms with Crippen LogP contribution in [0.5, 0.6) is 5.75 Å². The number of hydrogen-bond acceptors (Lipinski definition) is 6. The number of carbonyl (C=O) groups excluding carboxylic acids is 2. The highest BCUT2D eigenvalue weighted by Gasteiger charge is 2.40. The fraction of sp³-hybridized carbons (Fsp3) is 0.519. The lowest BCUT2D eigenvalue weighted by Gasteiger charge is -2.30. The summed E-state index contributed by atoms with van der Waals surface area (Å²) in [6.07, 6.45) is 3.77. The number of aryl methyl sites for hydroxylation is 1. The van der Waals surface area contributed by atoms with Gasteiger partial charge in [-0.25, -0.2) is 8.42 Å². The summed E-state index contributed by atoms with van der Waals surface area (Å²) in [6, 6.07) is 9.45. The molecule has 0 spiro atoms. The van der Waals surface area contributed by atoms with Gasteiger partial charge < -0.3 is 15.0 Å². The molecule has 1 unspecified atom stereocenters. The number of rotatable bonds is 7. The molecule has 8 nitrogen and oxygen atoms in total. The van der Waals surface area contributed by atoms with Crippen LogP contribution in [0.25, 0.3) is 0 Å². The Hall–Kier alpha value is -2.94. The second kappa shape index (κ2) is 10.2. The van der Waals surface area contributed by atoms with Crippen molar-refractivity contribution >= 4 is 27.3 Å². The monoisotopic (exact) mass is 513 g/mol. The normalized spacial score (nSPS) is 23.3. The van der Waals surface area contributed by atoms with E-state index in [0.717, 1.165) is 17.0 Å². The Labute approximate surface area is 213 Å². The number of hydrogen-bond donors (Lipinski definition) is 1. The number of sulfone groups is 1. The van der Waals surface area contributed by atoms with Crippen LogP contribution in [0.2, 0.25) is 0 Å². The van der Waals surface area contributed by atoms with E-state index in [2.05, 4.69) is 10.3 Å². The van der Waals surface area contributed by atoms with E-state index in [1.807, 2.05) is 45.0 Å².